The Kier molecular flexibility index (Phi) is 7.67. The summed E-state index contributed by atoms with van der Waals surface area (Å²) in [6.07, 6.45) is 1.06. The van der Waals surface area contributed by atoms with Crippen molar-refractivity contribution in [2.24, 2.45) is 5.92 Å². The minimum atomic E-state index is -0.208. The van der Waals surface area contributed by atoms with E-state index in [4.69, 9.17) is 9.47 Å². The number of hydrogen-bond donors (Lipinski definition) is 1. The molecule has 1 atom stereocenters. The second-order valence-corrected chi connectivity index (χ2v) is 6.92. The van der Waals surface area contributed by atoms with Crippen molar-refractivity contribution < 1.29 is 14.3 Å². The van der Waals surface area contributed by atoms with E-state index >= 15 is 0 Å². The Morgan fingerprint density at radius 3 is 2.19 bits per heavy atom. The third-order valence-corrected chi connectivity index (χ3v) is 4.19. The molecule has 0 saturated heterocycles. The Balaban J connectivity index is 1.91. The van der Waals surface area contributed by atoms with Crippen LogP contribution < -0.4 is 10.1 Å². The zero-order valence-electron chi connectivity index (χ0n) is 16.1. The summed E-state index contributed by atoms with van der Waals surface area (Å²) < 4.78 is 10.5. The number of rotatable bonds is 9. The SMILES string of the molecule is COCCOc1ccc(NC(=O)C(C)c2ccc(CC(C)C)cc2)cc1. The lowest BCUT2D eigenvalue weighted by Gasteiger charge is -2.14. The summed E-state index contributed by atoms with van der Waals surface area (Å²) in [5.41, 5.74) is 3.09. The third kappa shape index (κ3) is 6.19. The second kappa shape index (κ2) is 9.97. The van der Waals surface area contributed by atoms with Gasteiger partial charge in [-0.1, -0.05) is 38.1 Å². The normalized spacial score (nSPS) is 12.0. The van der Waals surface area contributed by atoms with Crippen molar-refractivity contribution in [1.82, 2.24) is 0 Å². The second-order valence-electron chi connectivity index (χ2n) is 6.92. The number of amides is 1. The van der Waals surface area contributed by atoms with Gasteiger partial charge in [0.2, 0.25) is 5.91 Å². The number of hydrogen-bond acceptors (Lipinski definition) is 3. The molecule has 0 fully saturated rings. The van der Waals surface area contributed by atoms with Crippen LogP contribution in [0.2, 0.25) is 0 Å². The fraction of sp³-hybridized carbons (Fsp3) is 0.409. The zero-order chi connectivity index (χ0) is 18.9. The lowest BCUT2D eigenvalue weighted by Crippen LogP contribution is -2.18. The number of methoxy groups -OCH3 is 1. The molecule has 1 unspecified atom stereocenters. The molecule has 0 aromatic heterocycles. The van der Waals surface area contributed by atoms with E-state index < -0.39 is 0 Å². The molecule has 1 amide bonds. The first-order valence-corrected chi connectivity index (χ1v) is 9.11. The Morgan fingerprint density at radius 2 is 1.62 bits per heavy atom. The van der Waals surface area contributed by atoms with Crippen LogP contribution in [-0.2, 0) is 16.0 Å². The van der Waals surface area contributed by atoms with Crippen LogP contribution in [0.4, 0.5) is 5.69 Å². The van der Waals surface area contributed by atoms with Crippen LogP contribution in [0.3, 0.4) is 0 Å². The molecule has 0 heterocycles. The molecule has 2 rings (SSSR count). The number of carbonyl (C=O) groups is 1. The van der Waals surface area contributed by atoms with E-state index in [0.717, 1.165) is 23.4 Å². The molecule has 26 heavy (non-hydrogen) atoms. The van der Waals surface area contributed by atoms with Gasteiger partial charge in [0.25, 0.3) is 0 Å². The summed E-state index contributed by atoms with van der Waals surface area (Å²) in [6, 6.07) is 15.7. The maximum Gasteiger partial charge on any atom is 0.231 e. The number of benzene rings is 2. The van der Waals surface area contributed by atoms with E-state index in [9.17, 15) is 4.79 Å². The number of ether oxygens (including phenoxy) is 2. The average molecular weight is 355 g/mol. The van der Waals surface area contributed by atoms with Gasteiger partial charge in [0.15, 0.2) is 0 Å². The van der Waals surface area contributed by atoms with Crippen LogP contribution in [0, 0.1) is 5.92 Å². The Labute approximate surface area is 156 Å². The standard InChI is InChI=1S/C22H29NO3/c1-16(2)15-18-5-7-19(8-6-18)17(3)22(24)23-20-9-11-21(12-10-20)26-14-13-25-4/h5-12,16-17H,13-15H2,1-4H3,(H,23,24). The van der Waals surface area contributed by atoms with Gasteiger partial charge in [-0.15, -0.1) is 0 Å². The summed E-state index contributed by atoms with van der Waals surface area (Å²) in [6.45, 7) is 7.39. The first-order chi connectivity index (χ1) is 12.5. The highest BCUT2D eigenvalue weighted by Crippen LogP contribution is 2.21. The average Bonchev–Trinajstić information content (AvgIpc) is 2.63. The molecule has 2 aromatic rings. The van der Waals surface area contributed by atoms with E-state index in [0.29, 0.717) is 19.1 Å². The van der Waals surface area contributed by atoms with E-state index in [-0.39, 0.29) is 11.8 Å². The van der Waals surface area contributed by atoms with E-state index in [1.807, 2.05) is 31.2 Å². The highest BCUT2D eigenvalue weighted by molar-refractivity contribution is 5.95. The van der Waals surface area contributed by atoms with Gasteiger partial charge >= 0.3 is 0 Å². The molecule has 140 valence electrons. The molecular weight excluding hydrogens is 326 g/mol. The molecule has 2 aromatic carbocycles. The Bertz CT molecular complexity index is 678. The van der Waals surface area contributed by atoms with Crippen molar-refractivity contribution in [3.05, 3.63) is 59.7 Å². The molecule has 0 radical (unpaired) electrons. The smallest absolute Gasteiger partial charge is 0.231 e. The third-order valence-electron chi connectivity index (χ3n) is 4.19. The van der Waals surface area contributed by atoms with Crippen LogP contribution >= 0.6 is 0 Å². The minimum absolute atomic E-state index is 0.0188. The topological polar surface area (TPSA) is 47.6 Å². The van der Waals surface area contributed by atoms with Crippen LogP contribution in [0.5, 0.6) is 5.75 Å². The molecule has 0 aliphatic rings. The molecule has 0 aliphatic heterocycles. The van der Waals surface area contributed by atoms with Crippen molar-refractivity contribution in [1.29, 1.82) is 0 Å². The van der Waals surface area contributed by atoms with Crippen LogP contribution in [-0.4, -0.2) is 26.2 Å². The summed E-state index contributed by atoms with van der Waals surface area (Å²) in [5.74, 6) is 1.16. The predicted molar refractivity (Wildman–Crippen MR) is 106 cm³/mol. The first-order valence-electron chi connectivity index (χ1n) is 9.11. The van der Waals surface area contributed by atoms with Gasteiger partial charge in [0.05, 0.1) is 12.5 Å². The van der Waals surface area contributed by atoms with E-state index in [2.05, 4.69) is 43.4 Å². The minimum Gasteiger partial charge on any atom is -0.491 e. The highest BCUT2D eigenvalue weighted by atomic mass is 16.5. The molecule has 0 aliphatic carbocycles. The molecule has 4 nitrogen and oxygen atoms in total. The molecular formula is C22H29NO3. The van der Waals surface area contributed by atoms with Crippen molar-refractivity contribution in [3.63, 3.8) is 0 Å². The molecule has 0 bridgehead atoms. The van der Waals surface area contributed by atoms with Crippen LogP contribution in [0.15, 0.2) is 48.5 Å². The van der Waals surface area contributed by atoms with Gasteiger partial charge in [-0.05, 0) is 54.7 Å². The largest absolute Gasteiger partial charge is 0.491 e. The first kappa shape index (κ1) is 20.0. The van der Waals surface area contributed by atoms with Crippen molar-refractivity contribution in [2.75, 3.05) is 25.6 Å². The summed E-state index contributed by atoms with van der Waals surface area (Å²) >= 11 is 0. The quantitative estimate of drug-likeness (QED) is 0.666. The maximum absolute atomic E-state index is 12.5. The number of anilines is 1. The van der Waals surface area contributed by atoms with Gasteiger partial charge in [0.1, 0.15) is 12.4 Å². The summed E-state index contributed by atoms with van der Waals surface area (Å²) in [7, 11) is 1.64. The lowest BCUT2D eigenvalue weighted by atomic mass is 9.96. The fourth-order valence-electron chi connectivity index (χ4n) is 2.69. The van der Waals surface area contributed by atoms with Gasteiger partial charge < -0.3 is 14.8 Å². The maximum atomic E-state index is 12.5. The van der Waals surface area contributed by atoms with E-state index in [1.165, 1.54) is 5.56 Å². The van der Waals surface area contributed by atoms with Crippen LogP contribution in [0.1, 0.15) is 37.8 Å². The zero-order valence-corrected chi connectivity index (χ0v) is 16.1. The monoisotopic (exact) mass is 355 g/mol. The fourth-order valence-corrected chi connectivity index (χ4v) is 2.69. The van der Waals surface area contributed by atoms with Crippen molar-refractivity contribution in [3.8, 4) is 5.75 Å². The molecule has 4 heteroatoms. The molecule has 0 saturated carbocycles. The van der Waals surface area contributed by atoms with Gasteiger partial charge in [-0.3, -0.25) is 4.79 Å². The van der Waals surface area contributed by atoms with E-state index in [1.54, 1.807) is 7.11 Å². The molecule has 1 N–H and O–H groups in total. The molecule has 0 spiro atoms. The number of carbonyl (C=O) groups excluding carboxylic acids is 1. The van der Waals surface area contributed by atoms with Gasteiger partial charge in [-0.2, -0.15) is 0 Å². The van der Waals surface area contributed by atoms with Crippen molar-refractivity contribution >= 4 is 11.6 Å². The Morgan fingerprint density at radius 1 is 0.962 bits per heavy atom. The van der Waals surface area contributed by atoms with Gasteiger partial charge in [0, 0.05) is 12.8 Å². The van der Waals surface area contributed by atoms with Crippen LogP contribution in [0.25, 0.3) is 0 Å². The summed E-state index contributed by atoms with van der Waals surface area (Å²) in [4.78, 5) is 12.5. The highest BCUT2D eigenvalue weighted by Gasteiger charge is 2.15. The number of nitrogens with one attached hydrogen (secondary N) is 1. The van der Waals surface area contributed by atoms with Crippen molar-refractivity contribution in [2.45, 2.75) is 33.1 Å². The lowest BCUT2D eigenvalue weighted by molar-refractivity contribution is -0.117. The predicted octanol–water partition coefficient (Wildman–Crippen LogP) is 4.65. The van der Waals surface area contributed by atoms with Gasteiger partial charge in [-0.25, -0.2) is 0 Å². The summed E-state index contributed by atoms with van der Waals surface area (Å²) in [5, 5.41) is 2.96. The Hall–Kier alpha value is -2.33.